The summed E-state index contributed by atoms with van der Waals surface area (Å²) in [6, 6.07) is 9.87. The van der Waals surface area contributed by atoms with Crippen LogP contribution in [0.15, 0.2) is 46.4 Å². The molecule has 10 heteroatoms. The van der Waals surface area contributed by atoms with Gasteiger partial charge in [-0.1, -0.05) is 53.4 Å². The standard InChI is InChI=1S/C14H10N6OS3/c21-11(7-23-14-19-20-8-15-18-13(20)24-14)17-12-16-10(6-22-12)9-4-2-1-3-5-9/h1-6,8H,7H2,(H,16,17,21). The molecule has 0 radical (unpaired) electrons. The molecule has 0 spiro atoms. The van der Waals surface area contributed by atoms with E-state index >= 15 is 0 Å². The second kappa shape index (κ2) is 6.67. The van der Waals surface area contributed by atoms with Gasteiger partial charge in [0.25, 0.3) is 0 Å². The maximum Gasteiger partial charge on any atom is 0.236 e. The van der Waals surface area contributed by atoms with E-state index in [0.29, 0.717) is 10.1 Å². The van der Waals surface area contributed by atoms with Gasteiger partial charge in [-0.25, -0.2) is 4.98 Å². The molecule has 0 saturated carbocycles. The fraction of sp³-hybridized carbons (Fsp3) is 0.0714. The van der Waals surface area contributed by atoms with Gasteiger partial charge in [0.05, 0.1) is 11.4 Å². The third-order valence-electron chi connectivity index (χ3n) is 3.02. The maximum absolute atomic E-state index is 12.1. The van der Waals surface area contributed by atoms with E-state index in [1.807, 2.05) is 35.7 Å². The minimum Gasteiger partial charge on any atom is -0.301 e. The van der Waals surface area contributed by atoms with E-state index in [9.17, 15) is 4.79 Å². The number of rotatable bonds is 5. The minimum atomic E-state index is -0.111. The number of nitrogens with zero attached hydrogens (tertiary/aromatic N) is 5. The van der Waals surface area contributed by atoms with E-state index in [4.69, 9.17) is 0 Å². The van der Waals surface area contributed by atoms with E-state index in [1.54, 1.807) is 4.52 Å². The quantitative estimate of drug-likeness (QED) is 0.541. The van der Waals surface area contributed by atoms with E-state index < -0.39 is 0 Å². The number of aromatic nitrogens is 5. The van der Waals surface area contributed by atoms with E-state index in [-0.39, 0.29) is 11.7 Å². The van der Waals surface area contributed by atoms with Gasteiger partial charge in [-0.05, 0) is 0 Å². The van der Waals surface area contributed by atoms with Crippen LogP contribution >= 0.6 is 34.4 Å². The van der Waals surface area contributed by atoms with E-state index in [0.717, 1.165) is 15.6 Å². The highest BCUT2D eigenvalue weighted by Gasteiger charge is 2.11. The predicted molar refractivity (Wildman–Crippen MR) is 95.6 cm³/mol. The Labute approximate surface area is 148 Å². The number of hydrogen-bond acceptors (Lipinski definition) is 8. The van der Waals surface area contributed by atoms with E-state index in [2.05, 4.69) is 25.6 Å². The summed E-state index contributed by atoms with van der Waals surface area (Å²) in [5.74, 6) is 0.157. The molecule has 0 unspecified atom stereocenters. The Balaban J connectivity index is 1.36. The topological polar surface area (TPSA) is 85.1 Å². The van der Waals surface area contributed by atoms with Crippen molar-refractivity contribution in [2.24, 2.45) is 0 Å². The lowest BCUT2D eigenvalue weighted by atomic mass is 10.2. The largest absolute Gasteiger partial charge is 0.301 e. The predicted octanol–water partition coefficient (Wildman–Crippen LogP) is 3.04. The van der Waals surface area contributed by atoms with Crippen LogP contribution in [0.5, 0.6) is 0 Å². The zero-order valence-electron chi connectivity index (χ0n) is 12.1. The molecule has 4 aromatic rings. The van der Waals surface area contributed by atoms with Crippen LogP contribution in [0.3, 0.4) is 0 Å². The smallest absolute Gasteiger partial charge is 0.236 e. The highest BCUT2D eigenvalue weighted by Crippen LogP contribution is 2.26. The molecule has 1 aromatic carbocycles. The van der Waals surface area contributed by atoms with Crippen molar-refractivity contribution < 1.29 is 4.79 Å². The lowest BCUT2D eigenvalue weighted by molar-refractivity contribution is -0.113. The van der Waals surface area contributed by atoms with Crippen LogP contribution < -0.4 is 5.32 Å². The molecule has 0 saturated heterocycles. The van der Waals surface area contributed by atoms with Gasteiger partial charge in [0.1, 0.15) is 6.33 Å². The summed E-state index contributed by atoms with van der Waals surface area (Å²) in [7, 11) is 0. The summed E-state index contributed by atoms with van der Waals surface area (Å²) in [5, 5.41) is 17.3. The lowest BCUT2D eigenvalue weighted by Crippen LogP contribution is -2.13. The first-order valence-corrected chi connectivity index (χ1v) is 9.56. The van der Waals surface area contributed by atoms with Crippen molar-refractivity contribution in [1.29, 1.82) is 0 Å². The van der Waals surface area contributed by atoms with Crippen LogP contribution in [0.25, 0.3) is 16.2 Å². The highest BCUT2D eigenvalue weighted by atomic mass is 32.2. The second-order valence-corrected chi connectivity index (χ2v) is 7.70. The molecule has 0 fully saturated rings. The first-order valence-electron chi connectivity index (χ1n) is 6.88. The number of amides is 1. The Morgan fingerprint density at radius 3 is 3.00 bits per heavy atom. The second-order valence-electron chi connectivity index (χ2n) is 4.67. The van der Waals surface area contributed by atoms with Crippen molar-refractivity contribution in [3.63, 3.8) is 0 Å². The molecule has 0 aliphatic carbocycles. The fourth-order valence-corrected chi connectivity index (χ4v) is 4.35. The molecular weight excluding hydrogens is 364 g/mol. The normalized spacial score (nSPS) is 11.0. The number of carbonyl (C=O) groups excluding carboxylic acids is 1. The Morgan fingerprint density at radius 2 is 2.17 bits per heavy atom. The highest BCUT2D eigenvalue weighted by molar-refractivity contribution is 8.01. The van der Waals surface area contributed by atoms with Gasteiger partial charge in [-0.15, -0.1) is 26.6 Å². The summed E-state index contributed by atoms with van der Waals surface area (Å²) in [5.41, 5.74) is 1.89. The van der Waals surface area contributed by atoms with Gasteiger partial charge >= 0.3 is 0 Å². The maximum atomic E-state index is 12.1. The van der Waals surface area contributed by atoms with Crippen molar-refractivity contribution in [3.8, 4) is 11.3 Å². The van der Waals surface area contributed by atoms with Crippen molar-refractivity contribution in [1.82, 2.24) is 24.8 Å². The van der Waals surface area contributed by atoms with Gasteiger partial charge in [-0.3, -0.25) is 4.79 Å². The summed E-state index contributed by atoms with van der Waals surface area (Å²) < 4.78 is 2.37. The molecule has 1 N–H and O–H groups in total. The summed E-state index contributed by atoms with van der Waals surface area (Å²) in [6.07, 6.45) is 1.54. The third kappa shape index (κ3) is 3.30. The van der Waals surface area contributed by atoms with Crippen molar-refractivity contribution >= 4 is 50.4 Å². The molecule has 3 aromatic heterocycles. The van der Waals surface area contributed by atoms with Crippen LogP contribution in [-0.4, -0.2) is 36.5 Å². The summed E-state index contributed by atoms with van der Waals surface area (Å²) in [4.78, 5) is 17.2. The van der Waals surface area contributed by atoms with Gasteiger partial charge < -0.3 is 5.32 Å². The first kappa shape index (κ1) is 15.2. The molecule has 24 heavy (non-hydrogen) atoms. The molecule has 0 atom stereocenters. The van der Waals surface area contributed by atoms with Gasteiger partial charge in [0, 0.05) is 10.9 Å². The zero-order chi connectivity index (χ0) is 16.4. The molecule has 120 valence electrons. The summed E-state index contributed by atoms with van der Waals surface area (Å²) in [6.45, 7) is 0. The number of nitrogens with one attached hydrogen (secondary N) is 1. The number of thiazole rings is 1. The molecular formula is C14H10N6OS3. The molecule has 3 heterocycles. The average Bonchev–Trinajstić information content (AvgIpc) is 3.29. The average molecular weight is 374 g/mol. The van der Waals surface area contributed by atoms with Crippen molar-refractivity contribution in [2.75, 3.05) is 11.1 Å². The van der Waals surface area contributed by atoms with Gasteiger partial charge in [-0.2, -0.15) is 4.52 Å². The molecule has 0 aliphatic rings. The van der Waals surface area contributed by atoms with Crippen LogP contribution in [0.1, 0.15) is 0 Å². The zero-order valence-corrected chi connectivity index (χ0v) is 14.6. The Bertz CT molecular complexity index is 948. The van der Waals surface area contributed by atoms with E-state index in [1.165, 1.54) is 40.8 Å². The third-order valence-corrected chi connectivity index (χ3v) is 5.82. The molecule has 1 amide bonds. The monoisotopic (exact) mass is 374 g/mol. The van der Waals surface area contributed by atoms with Crippen molar-refractivity contribution in [3.05, 3.63) is 42.0 Å². The Morgan fingerprint density at radius 1 is 1.29 bits per heavy atom. The minimum absolute atomic E-state index is 0.111. The Kier molecular flexibility index (Phi) is 4.24. The number of fused-ring (bicyclic) bond motifs is 1. The fourth-order valence-electron chi connectivity index (χ4n) is 1.96. The van der Waals surface area contributed by atoms with Crippen LogP contribution in [0.4, 0.5) is 5.13 Å². The van der Waals surface area contributed by atoms with Gasteiger partial charge in [0.15, 0.2) is 9.47 Å². The molecule has 4 rings (SSSR count). The van der Waals surface area contributed by atoms with Crippen molar-refractivity contribution in [2.45, 2.75) is 4.34 Å². The van der Waals surface area contributed by atoms with Crippen LogP contribution in [0.2, 0.25) is 0 Å². The number of hydrogen-bond donors (Lipinski definition) is 1. The van der Waals surface area contributed by atoms with Crippen LogP contribution in [0, 0.1) is 0 Å². The number of benzene rings is 1. The SMILES string of the molecule is O=C(CSc1nn2cnnc2s1)Nc1nc(-c2ccccc2)cs1. The first-order chi connectivity index (χ1) is 11.8. The molecule has 0 bridgehead atoms. The number of thioether (sulfide) groups is 1. The molecule has 7 nitrogen and oxygen atoms in total. The molecule has 0 aliphatic heterocycles. The number of anilines is 1. The Hall–Kier alpha value is -2.30. The summed E-state index contributed by atoms with van der Waals surface area (Å²) >= 11 is 4.18. The lowest BCUT2D eigenvalue weighted by Gasteiger charge is -1.99. The van der Waals surface area contributed by atoms with Crippen LogP contribution in [-0.2, 0) is 4.79 Å². The number of carbonyl (C=O) groups is 1. The van der Waals surface area contributed by atoms with Gasteiger partial charge in [0.2, 0.25) is 10.9 Å².